The van der Waals surface area contributed by atoms with Gasteiger partial charge in [0.1, 0.15) is 5.03 Å². The van der Waals surface area contributed by atoms with E-state index >= 15 is 0 Å². The Bertz CT molecular complexity index is 378. The van der Waals surface area contributed by atoms with Gasteiger partial charge in [0.15, 0.2) is 0 Å². The molecule has 0 aliphatic carbocycles. The fourth-order valence-corrected chi connectivity index (χ4v) is 3.27. The van der Waals surface area contributed by atoms with Gasteiger partial charge in [-0.15, -0.1) is 0 Å². The normalized spacial score (nSPS) is 12.1. The maximum absolute atomic E-state index is 11.7. The molecule has 1 heterocycles. The standard InChI is InChI=1S/C13H22N4OS2/c14-7-3-1-5-11(15)13(18)17-9-10-19-20-12-6-2-4-8-16-12/h2,4,6,8,11H,1,3,5,7,9-10,14-15H2,(H,17,18). The molecule has 5 N–H and O–H groups in total. The number of nitrogens with zero attached hydrogens (tertiary/aromatic N) is 1. The fraction of sp³-hybridized carbons (Fsp3) is 0.538. The van der Waals surface area contributed by atoms with E-state index in [9.17, 15) is 4.79 Å². The Morgan fingerprint density at radius 1 is 1.40 bits per heavy atom. The van der Waals surface area contributed by atoms with Crippen LogP contribution >= 0.6 is 21.6 Å². The first-order valence-electron chi connectivity index (χ1n) is 6.68. The lowest BCUT2D eigenvalue weighted by atomic mass is 10.1. The van der Waals surface area contributed by atoms with Crippen molar-refractivity contribution in [3.05, 3.63) is 24.4 Å². The molecule has 1 amide bonds. The number of unbranched alkanes of at least 4 members (excludes halogenated alkanes) is 1. The monoisotopic (exact) mass is 314 g/mol. The number of carbonyl (C=O) groups is 1. The number of carbonyl (C=O) groups excluding carboxylic acids is 1. The van der Waals surface area contributed by atoms with Gasteiger partial charge in [-0.05, 0) is 42.3 Å². The number of aromatic nitrogens is 1. The summed E-state index contributed by atoms with van der Waals surface area (Å²) in [6.07, 6.45) is 4.27. The van der Waals surface area contributed by atoms with Crippen molar-refractivity contribution < 1.29 is 4.79 Å². The van der Waals surface area contributed by atoms with Gasteiger partial charge in [-0.25, -0.2) is 4.98 Å². The summed E-state index contributed by atoms with van der Waals surface area (Å²) in [4.78, 5) is 15.9. The molecule has 20 heavy (non-hydrogen) atoms. The minimum atomic E-state index is -0.421. The van der Waals surface area contributed by atoms with Crippen molar-refractivity contribution in [2.45, 2.75) is 30.3 Å². The van der Waals surface area contributed by atoms with Crippen LogP contribution in [0.4, 0.5) is 0 Å². The predicted molar refractivity (Wildman–Crippen MR) is 86.4 cm³/mol. The van der Waals surface area contributed by atoms with Crippen LogP contribution in [0.1, 0.15) is 19.3 Å². The molecule has 1 atom stereocenters. The molecule has 1 rings (SSSR count). The Balaban J connectivity index is 2.04. The number of amides is 1. The second kappa shape index (κ2) is 11.0. The van der Waals surface area contributed by atoms with E-state index in [1.165, 1.54) is 0 Å². The van der Waals surface area contributed by atoms with Crippen LogP contribution in [0.5, 0.6) is 0 Å². The summed E-state index contributed by atoms with van der Waals surface area (Å²) in [6, 6.07) is 5.39. The topological polar surface area (TPSA) is 94.0 Å². The lowest BCUT2D eigenvalue weighted by Gasteiger charge is -2.11. The van der Waals surface area contributed by atoms with Crippen LogP contribution in [-0.2, 0) is 4.79 Å². The molecule has 0 aliphatic heterocycles. The first-order chi connectivity index (χ1) is 9.74. The lowest BCUT2D eigenvalue weighted by molar-refractivity contribution is -0.122. The van der Waals surface area contributed by atoms with Crippen LogP contribution < -0.4 is 16.8 Å². The summed E-state index contributed by atoms with van der Waals surface area (Å²) < 4.78 is 0. The van der Waals surface area contributed by atoms with Gasteiger partial charge < -0.3 is 16.8 Å². The average Bonchev–Trinajstić information content (AvgIpc) is 2.48. The number of pyridine rings is 1. The molecule has 0 fully saturated rings. The summed E-state index contributed by atoms with van der Waals surface area (Å²) in [5.41, 5.74) is 11.2. The van der Waals surface area contributed by atoms with E-state index < -0.39 is 6.04 Å². The van der Waals surface area contributed by atoms with Gasteiger partial charge >= 0.3 is 0 Å². The van der Waals surface area contributed by atoms with E-state index in [-0.39, 0.29) is 5.91 Å². The molecule has 0 radical (unpaired) electrons. The molecule has 0 saturated carbocycles. The molecule has 1 aromatic rings. The molecule has 112 valence electrons. The van der Waals surface area contributed by atoms with E-state index in [2.05, 4.69) is 10.3 Å². The predicted octanol–water partition coefficient (Wildman–Crippen LogP) is 1.39. The Morgan fingerprint density at radius 3 is 2.95 bits per heavy atom. The van der Waals surface area contributed by atoms with E-state index in [1.54, 1.807) is 27.8 Å². The Kier molecular flexibility index (Phi) is 9.48. The average molecular weight is 314 g/mol. The number of nitrogens with one attached hydrogen (secondary N) is 1. The van der Waals surface area contributed by atoms with Crippen molar-refractivity contribution in [2.24, 2.45) is 11.5 Å². The van der Waals surface area contributed by atoms with Crippen LogP contribution in [0, 0.1) is 0 Å². The molecule has 1 aromatic heterocycles. The van der Waals surface area contributed by atoms with Gasteiger partial charge in [0, 0.05) is 18.5 Å². The lowest BCUT2D eigenvalue weighted by Crippen LogP contribution is -2.41. The SMILES string of the molecule is NCCCCC(N)C(=O)NCCSSc1ccccn1. The van der Waals surface area contributed by atoms with Crippen LogP contribution in [-0.4, -0.2) is 35.8 Å². The molecule has 0 spiro atoms. The molecular formula is C13H22N4OS2. The number of rotatable bonds is 10. The molecule has 7 heteroatoms. The number of hydrogen-bond donors (Lipinski definition) is 3. The second-order valence-corrected chi connectivity index (χ2v) is 6.69. The van der Waals surface area contributed by atoms with Gasteiger partial charge in [-0.3, -0.25) is 4.79 Å². The summed E-state index contributed by atoms with van der Waals surface area (Å²) in [7, 11) is 3.27. The smallest absolute Gasteiger partial charge is 0.236 e. The van der Waals surface area contributed by atoms with Crippen molar-refractivity contribution in [1.29, 1.82) is 0 Å². The van der Waals surface area contributed by atoms with Crippen LogP contribution in [0.3, 0.4) is 0 Å². The van der Waals surface area contributed by atoms with Crippen LogP contribution in [0.2, 0.25) is 0 Å². The van der Waals surface area contributed by atoms with Gasteiger partial charge in [0.25, 0.3) is 0 Å². The molecule has 0 aliphatic rings. The quantitative estimate of drug-likeness (QED) is 0.446. The molecular weight excluding hydrogens is 292 g/mol. The first kappa shape index (κ1) is 17.3. The molecule has 5 nitrogen and oxygen atoms in total. The van der Waals surface area contributed by atoms with Gasteiger partial charge in [-0.1, -0.05) is 23.3 Å². The molecule has 0 aromatic carbocycles. The maximum Gasteiger partial charge on any atom is 0.236 e. The minimum absolute atomic E-state index is 0.0783. The minimum Gasteiger partial charge on any atom is -0.354 e. The van der Waals surface area contributed by atoms with E-state index in [0.717, 1.165) is 23.6 Å². The highest BCUT2D eigenvalue weighted by molar-refractivity contribution is 8.76. The summed E-state index contributed by atoms with van der Waals surface area (Å²) in [6.45, 7) is 1.27. The van der Waals surface area contributed by atoms with E-state index in [4.69, 9.17) is 11.5 Å². The third-order valence-electron chi connectivity index (χ3n) is 2.57. The highest BCUT2D eigenvalue weighted by Gasteiger charge is 2.11. The van der Waals surface area contributed by atoms with Crippen molar-refractivity contribution in [2.75, 3.05) is 18.8 Å². The highest BCUT2D eigenvalue weighted by atomic mass is 33.1. The Hall–Kier alpha value is -0.760. The maximum atomic E-state index is 11.7. The molecule has 0 saturated heterocycles. The molecule has 0 bridgehead atoms. The van der Waals surface area contributed by atoms with Crippen LogP contribution in [0.15, 0.2) is 29.4 Å². The Morgan fingerprint density at radius 2 is 2.25 bits per heavy atom. The number of nitrogens with two attached hydrogens (primary N) is 2. The van der Waals surface area contributed by atoms with Crippen molar-refractivity contribution in [3.8, 4) is 0 Å². The second-order valence-electron chi connectivity index (χ2n) is 4.26. The fourth-order valence-electron chi connectivity index (χ4n) is 1.49. The van der Waals surface area contributed by atoms with Crippen molar-refractivity contribution in [3.63, 3.8) is 0 Å². The Labute approximate surface area is 128 Å². The van der Waals surface area contributed by atoms with E-state index in [1.807, 2.05) is 18.2 Å². The third-order valence-corrected chi connectivity index (χ3v) is 4.84. The zero-order chi connectivity index (χ0) is 14.6. The number of hydrogen-bond acceptors (Lipinski definition) is 6. The highest BCUT2D eigenvalue weighted by Crippen LogP contribution is 2.28. The zero-order valence-corrected chi connectivity index (χ0v) is 13.1. The summed E-state index contributed by atoms with van der Waals surface area (Å²) in [5, 5.41) is 3.82. The van der Waals surface area contributed by atoms with Crippen molar-refractivity contribution in [1.82, 2.24) is 10.3 Å². The van der Waals surface area contributed by atoms with Crippen molar-refractivity contribution >= 4 is 27.5 Å². The largest absolute Gasteiger partial charge is 0.354 e. The van der Waals surface area contributed by atoms with Gasteiger partial charge in [-0.2, -0.15) is 0 Å². The zero-order valence-electron chi connectivity index (χ0n) is 11.5. The van der Waals surface area contributed by atoms with E-state index in [0.29, 0.717) is 19.5 Å². The summed E-state index contributed by atoms with van der Waals surface area (Å²) >= 11 is 0. The van der Waals surface area contributed by atoms with Crippen LogP contribution in [0.25, 0.3) is 0 Å². The van der Waals surface area contributed by atoms with Gasteiger partial charge in [0.2, 0.25) is 5.91 Å². The summed E-state index contributed by atoms with van der Waals surface area (Å²) in [5.74, 6) is 0.744. The third kappa shape index (κ3) is 7.74. The van der Waals surface area contributed by atoms with Gasteiger partial charge in [0.05, 0.1) is 6.04 Å². The first-order valence-corrected chi connectivity index (χ1v) is 9.00. The molecule has 1 unspecified atom stereocenters.